The second-order valence-electron chi connectivity index (χ2n) is 5.42. The predicted molar refractivity (Wildman–Crippen MR) is 109 cm³/mol. The van der Waals surface area contributed by atoms with E-state index in [1.54, 1.807) is 0 Å². The van der Waals surface area contributed by atoms with Gasteiger partial charge < -0.3 is 4.74 Å². The normalized spacial score (nSPS) is 9.12. The summed E-state index contributed by atoms with van der Waals surface area (Å²) in [5.41, 5.74) is 2.59. The Labute approximate surface area is 153 Å². The van der Waals surface area contributed by atoms with Crippen LogP contribution in [0.4, 0.5) is 0 Å². The molecule has 0 spiro atoms. The minimum Gasteiger partial charge on any atom is -0.457 e. The van der Waals surface area contributed by atoms with Crippen LogP contribution >= 0.6 is 0 Å². The Kier molecular flexibility index (Phi) is 10.5. The summed E-state index contributed by atoms with van der Waals surface area (Å²) in [5, 5.41) is 0. The van der Waals surface area contributed by atoms with E-state index < -0.39 is 0 Å². The van der Waals surface area contributed by atoms with Gasteiger partial charge in [-0.3, -0.25) is 0 Å². The number of aryl methyl sites for hydroxylation is 2. The maximum Gasteiger partial charge on any atom is 0.130 e. The maximum atomic E-state index is 5.71. The Hall–Kier alpha value is -2.54. The summed E-state index contributed by atoms with van der Waals surface area (Å²) in [6.45, 7) is 8.24. The first-order valence-corrected chi connectivity index (χ1v) is 9.12. The lowest BCUT2D eigenvalue weighted by atomic mass is 10.1. The summed E-state index contributed by atoms with van der Waals surface area (Å²) in [6.07, 6.45) is 2.45. The number of para-hydroxylation sites is 2. The molecule has 0 radical (unpaired) electrons. The monoisotopic (exact) mass is 334 g/mol. The van der Waals surface area contributed by atoms with E-state index in [2.05, 4.69) is 37.3 Å². The van der Waals surface area contributed by atoms with Gasteiger partial charge in [-0.2, -0.15) is 0 Å². The van der Waals surface area contributed by atoms with Gasteiger partial charge in [0.25, 0.3) is 0 Å². The van der Waals surface area contributed by atoms with Crippen molar-refractivity contribution in [2.24, 2.45) is 0 Å². The minimum absolute atomic E-state index is 0.877. The minimum atomic E-state index is 0.877. The van der Waals surface area contributed by atoms with Crippen molar-refractivity contribution in [1.82, 2.24) is 0 Å². The molecule has 0 aliphatic heterocycles. The van der Waals surface area contributed by atoms with E-state index in [9.17, 15) is 0 Å². The van der Waals surface area contributed by atoms with Crippen molar-refractivity contribution >= 4 is 0 Å². The van der Waals surface area contributed by atoms with Crippen LogP contribution in [0.15, 0.2) is 84.9 Å². The summed E-state index contributed by atoms with van der Waals surface area (Å²) in [4.78, 5) is 0. The van der Waals surface area contributed by atoms with Gasteiger partial charge in [0.05, 0.1) is 0 Å². The van der Waals surface area contributed by atoms with Gasteiger partial charge in [0.1, 0.15) is 11.5 Å². The highest BCUT2D eigenvalue weighted by Gasteiger charge is 1.98. The molecule has 1 nitrogen and oxygen atoms in total. The average molecular weight is 335 g/mol. The molecular weight excluding hydrogens is 304 g/mol. The van der Waals surface area contributed by atoms with Crippen molar-refractivity contribution in [2.45, 2.75) is 40.5 Å². The second kappa shape index (κ2) is 12.8. The zero-order chi connectivity index (χ0) is 18.3. The van der Waals surface area contributed by atoms with E-state index in [4.69, 9.17) is 4.74 Å². The molecule has 0 N–H and O–H groups in total. The number of ether oxygens (including phenoxy) is 1. The molecule has 25 heavy (non-hydrogen) atoms. The van der Waals surface area contributed by atoms with Crippen molar-refractivity contribution in [1.29, 1.82) is 0 Å². The van der Waals surface area contributed by atoms with E-state index in [0.29, 0.717) is 0 Å². The van der Waals surface area contributed by atoms with Gasteiger partial charge in [-0.25, -0.2) is 0 Å². The lowest BCUT2D eigenvalue weighted by molar-refractivity contribution is 0.479. The standard InChI is InChI=1S/C13H12O.C9H12.C2H6/c1-11-7-5-6-10-13(11)14-12-8-3-2-4-9-12;1-2-6-9-7-4-3-5-8-9;1-2/h2-10H,1H3;3-5,7-8H,2,6H2,1H3;1-2H3. The molecular formula is C24H30O. The molecule has 0 unspecified atom stereocenters. The van der Waals surface area contributed by atoms with Crippen molar-refractivity contribution in [3.05, 3.63) is 96.1 Å². The first-order chi connectivity index (χ1) is 12.3. The lowest BCUT2D eigenvalue weighted by Gasteiger charge is -2.07. The summed E-state index contributed by atoms with van der Waals surface area (Å²) in [6, 6.07) is 28.4. The maximum absolute atomic E-state index is 5.71. The third-order valence-corrected chi connectivity index (χ3v) is 3.45. The van der Waals surface area contributed by atoms with E-state index in [0.717, 1.165) is 17.1 Å². The first-order valence-electron chi connectivity index (χ1n) is 9.12. The second-order valence-corrected chi connectivity index (χ2v) is 5.42. The predicted octanol–water partition coefficient (Wildman–Crippen LogP) is 7.45. The molecule has 0 bridgehead atoms. The Morgan fingerprint density at radius 3 is 1.76 bits per heavy atom. The molecule has 1 heteroatoms. The van der Waals surface area contributed by atoms with Crippen LogP contribution in [0.1, 0.15) is 38.3 Å². The topological polar surface area (TPSA) is 9.23 Å². The zero-order valence-electron chi connectivity index (χ0n) is 15.9. The van der Waals surface area contributed by atoms with E-state index >= 15 is 0 Å². The van der Waals surface area contributed by atoms with Crippen LogP contribution in [0.5, 0.6) is 11.5 Å². The summed E-state index contributed by atoms with van der Waals surface area (Å²) >= 11 is 0. The number of hydrogen-bond donors (Lipinski definition) is 0. The molecule has 0 heterocycles. The fourth-order valence-corrected chi connectivity index (χ4v) is 2.22. The van der Waals surface area contributed by atoms with Gasteiger partial charge >= 0.3 is 0 Å². The van der Waals surface area contributed by atoms with Gasteiger partial charge in [-0.05, 0) is 42.7 Å². The molecule has 0 aliphatic carbocycles. The Morgan fingerprint density at radius 2 is 1.20 bits per heavy atom. The van der Waals surface area contributed by atoms with Gasteiger partial charge in [-0.15, -0.1) is 0 Å². The SMILES string of the molecule is CC.CCCc1ccccc1.Cc1ccccc1Oc1ccccc1. The van der Waals surface area contributed by atoms with Crippen LogP contribution < -0.4 is 4.74 Å². The van der Waals surface area contributed by atoms with E-state index in [-0.39, 0.29) is 0 Å². The Balaban J connectivity index is 0.000000246. The lowest BCUT2D eigenvalue weighted by Crippen LogP contribution is -1.85. The quantitative estimate of drug-likeness (QED) is 0.481. The molecule has 0 saturated carbocycles. The summed E-state index contributed by atoms with van der Waals surface area (Å²) < 4.78 is 5.71. The summed E-state index contributed by atoms with van der Waals surface area (Å²) in [5.74, 6) is 1.79. The van der Waals surface area contributed by atoms with Gasteiger partial charge in [0.15, 0.2) is 0 Å². The summed E-state index contributed by atoms with van der Waals surface area (Å²) in [7, 11) is 0. The van der Waals surface area contributed by atoms with Crippen LogP contribution in [0.2, 0.25) is 0 Å². The van der Waals surface area contributed by atoms with Crippen LogP contribution in [-0.2, 0) is 6.42 Å². The molecule has 3 rings (SSSR count). The smallest absolute Gasteiger partial charge is 0.130 e. The molecule has 0 aromatic heterocycles. The third kappa shape index (κ3) is 8.21. The largest absolute Gasteiger partial charge is 0.457 e. The molecule has 0 aliphatic rings. The molecule has 132 valence electrons. The van der Waals surface area contributed by atoms with Gasteiger partial charge in [-0.1, -0.05) is 93.9 Å². The van der Waals surface area contributed by atoms with Crippen molar-refractivity contribution in [3.8, 4) is 11.5 Å². The van der Waals surface area contributed by atoms with E-state index in [1.165, 1.54) is 18.4 Å². The average Bonchev–Trinajstić information content (AvgIpc) is 2.68. The number of benzene rings is 3. The zero-order valence-corrected chi connectivity index (χ0v) is 15.9. The molecule has 0 amide bonds. The first kappa shape index (κ1) is 20.5. The fourth-order valence-electron chi connectivity index (χ4n) is 2.22. The van der Waals surface area contributed by atoms with Gasteiger partial charge in [0, 0.05) is 0 Å². The van der Waals surface area contributed by atoms with Crippen molar-refractivity contribution in [3.63, 3.8) is 0 Å². The Bertz CT molecular complexity index is 675. The highest BCUT2D eigenvalue weighted by molar-refractivity contribution is 5.36. The number of rotatable bonds is 4. The highest BCUT2D eigenvalue weighted by atomic mass is 16.5. The fraction of sp³-hybridized carbons (Fsp3) is 0.250. The van der Waals surface area contributed by atoms with Crippen LogP contribution in [0, 0.1) is 6.92 Å². The molecule has 0 atom stereocenters. The van der Waals surface area contributed by atoms with Crippen molar-refractivity contribution < 1.29 is 4.74 Å². The molecule has 0 saturated heterocycles. The third-order valence-electron chi connectivity index (χ3n) is 3.45. The molecule has 3 aromatic carbocycles. The number of hydrogen-bond acceptors (Lipinski definition) is 1. The molecule has 0 fully saturated rings. The Morgan fingerprint density at radius 1 is 0.680 bits per heavy atom. The van der Waals surface area contributed by atoms with E-state index in [1.807, 2.05) is 75.4 Å². The van der Waals surface area contributed by atoms with Gasteiger partial charge in [0.2, 0.25) is 0 Å². The van der Waals surface area contributed by atoms with Crippen LogP contribution in [0.25, 0.3) is 0 Å². The highest BCUT2D eigenvalue weighted by Crippen LogP contribution is 2.23. The molecule has 3 aromatic rings. The van der Waals surface area contributed by atoms with Crippen LogP contribution in [-0.4, -0.2) is 0 Å². The van der Waals surface area contributed by atoms with Crippen molar-refractivity contribution in [2.75, 3.05) is 0 Å². The van der Waals surface area contributed by atoms with Crippen LogP contribution in [0.3, 0.4) is 0 Å².